The second-order valence-electron chi connectivity index (χ2n) is 6.79. The summed E-state index contributed by atoms with van der Waals surface area (Å²) in [7, 11) is 0. The lowest BCUT2D eigenvalue weighted by molar-refractivity contribution is -0.171. The highest BCUT2D eigenvalue weighted by Crippen LogP contribution is 2.56. The van der Waals surface area contributed by atoms with Gasteiger partial charge >= 0.3 is 0 Å². The maximum absolute atomic E-state index is 10.6. The highest BCUT2D eigenvalue weighted by atomic mass is 16.3. The molecule has 2 rings (SSSR count). The van der Waals surface area contributed by atoms with Crippen LogP contribution in [-0.4, -0.2) is 21.9 Å². The Morgan fingerprint density at radius 1 is 1.24 bits per heavy atom. The second-order valence-corrected chi connectivity index (χ2v) is 6.79. The van der Waals surface area contributed by atoms with Crippen LogP contribution in [0.15, 0.2) is 12.2 Å². The van der Waals surface area contributed by atoms with Crippen molar-refractivity contribution in [1.82, 2.24) is 0 Å². The van der Waals surface area contributed by atoms with Crippen molar-refractivity contribution < 1.29 is 10.2 Å². The van der Waals surface area contributed by atoms with E-state index in [4.69, 9.17) is 0 Å². The predicted octanol–water partition coefficient (Wildman–Crippen LogP) is 2.89. The smallest absolute Gasteiger partial charge is 0.0655 e. The summed E-state index contributed by atoms with van der Waals surface area (Å²) in [5.74, 6) is 0.721. The van der Waals surface area contributed by atoms with Gasteiger partial charge in [0.1, 0.15) is 0 Å². The van der Waals surface area contributed by atoms with Crippen LogP contribution in [0, 0.1) is 17.3 Å². The van der Waals surface area contributed by atoms with E-state index in [1.807, 2.05) is 6.92 Å². The molecule has 0 aliphatic heterocycles. The maximum atomic E-state index is 10.6. The normalized spacial score (nSPS) is 50.8. The van der Waals surface area contributed by atoms with E-state index in [2.05, 4.69) is 20.4 Å². The van der Waals surface area contributed by atoms with Gasteiger partial charge in [-0.05, 0) is 63.2 Å². The molecule has 5 atom stereocenters. The molecule has 0 aromatic carbocycles. The lowest BCUT2D eigenvalue weighted by Crippen LogP contribution is -2.57. The van der Waals surface area contributed by atoms with Crippen LogP contribution in [0.25, 0.3) is 0 Å². The zero-order valence-corrected chi connectivity index (χ0v) is 11.4. The van der Waals surface area contributed by atoms with Crippen molar-refractivity contribution in [3.05, 3.63) is 12.2 Å². The molecule has 2 aliphatic rings. The lowest BCUT2D eigenvalue weighted by atomic mass is 9.52. The molecular formula is C15H26O2. The molecule has 2 heteroatoms. The number of fused-ring (bicyclic) bond motifs is 1. The Morgan fingerprint density at radius 3 is 2.47 bits per heavy atom. The molecule has 1 unspecified atom stereocenters. The standard InChI is InChI=1S/C15H26O2/c1-10(2)11-5-7-14(3)12(9-11)15(4,17)8-6-13(14)16/h11-13,16-17H,1,5-9H2,2-4H3/t11-,12-,13?,14-,15+/m1/s1. The first-order chi connectivity index (χ1) is 7.77. The molecule has 2 aliphatic carbocycles. The van der Waals surface area contributed by atoms with E-state index in [1.54, 1.807) is 0 Å². The number of aliphatic hydroxyl groups excluding tert-OH is 1. The molecule has 0 aromatic rings. The number of allylic oxidation sites excluding steroid dienone is 1. The van der Waals surface area contributed by atoms with Gasteiger partial charge in [0.25, 0.3) is 0 Å². The first-order valence-electron chi connectivity index (χ1n) is 6.83. The molecule has 0 saturated heterocycles. The highest BCUT2D eigenvalue weighted by Gasteiger charge is 2.54. The molecule has 2 fully saturated rings. The molecule has 0 bridgehead atoms. The van der Waals surface area contributed by atoms with Crippen LogP contribution in [0.4, 0.5) is 0 Å². The quantitative estimate of drug-likeness (QED) is 0.690. The predicted molar refractivity (Wildman–Crippen MR) is 69.6 cm³/mol. The Balaban J connectivity index is 2.27. The van der Waals surface area contributed by atoms with E-state index in [1.165, 1.54) is 5.57 Å². The van der Waals surface area contributed by atoms with E-state index in [9.17, 15) is 10.2 Å². The molecular weight excluding hydrogens is 212 g/mol. The summed E-state index contributed by atoms with van der Waals surface area (Å²) in [4.78, 5) is 0. The summed E-state index contributed by atoms with van der Waals surface area (Å²) < 4.78 is 0. The zero-order chi connectivity index (χ0) is 12.8. The third-order valence-corrected chi connectivity index (χ3v) is 5.48. The van der Waals surface area contributed by atoms with Crippen LogP contribution in [-0.2, 0) is 0 Å². The molecule has 98 valence electrons. The Hall–Kier alpha value is -0.340. The number of rotatable bonds is 1. The third-order valence-electron chi connectivity index (χ3n) is 5.48. The van der Waals surface area contributed by atoms with Crippen LogP contribution >= 0.6 is 0 Å². The molecule has 0 radical (unpaired) electrons. The topological polar surface area (TPSA) is 40.5 Å². The van der Waals surface area contributed by atoms with Crippen molar-refractivity contribution in [2.45, 2.75) is 64.6 Å². The monoisotopic (exact) mass is 238 g/mol. The Morgan fingerprint density at radius 2 is 1.88 bits per heavy atom. The summed E-state index contributed by atoms with van der Waals surface area (Å²) >= 11 is 0. The van der Waals surface area contributed by atoms with Crippen molar-refractivity contribution in [1.29, 1.82) is 0 Å². The third kappa shape index (κ3) is 2.06. The summed E-state index contributed by atoms with van der Waals surface area (Å²) in [6.45, 7) is 10.3. The van der Waals surface area contributed by atoms with Crippen LogP contribution in [0.5, 0.6) is 0 Å². The van der Waals surface area contributed by atoms with Crippen molar-refractivity contribution >= 4 is 0 Å². The van der Waals surface area contributed by atoms with Crippen molar-refractivity contribution in [3.8, 4) is 0 Å². The van der Waals surface area contributed by atoms with Crippen molar-refractivity contribution in [3.63, 3.8) is 0 Å². The molecule has 17 heavy (non-hydrogen) atoms. The summed E-state index contributed by atoms with van der Waals surface area (Å²) in [5.41, 5.74) is 0.499. The first-order valence-corrected chi connectivity index (χ1v) is 6.83. The number of aliphatic hydroxyl groups is 2. The number of hydrogen-bond acceptors (Lipinski definition) is 2. The second kappa shape index (κ2) is 4.10. The Kier molecular flexibility index (Phi) is 3.16. The molecule has 2 saturated carbocycles. The van der Waals surface area contributed by atoms with Crippen LogP contribution in [0.2, 0.25) is 0 Å². The van der Waals surface area contributed by atoms with Crippen LogP contribution < -0.4 is 0 Å². The minimum atomic E-state index is -0.623. The molecule has 0 aromatic heterocycles. The van der Waals surface area contributed by atoms with Gasteiger partial charge in [-0.15, -0.1) is 0 Å². The highest BCUT2D eigenvalue weighted by molar-refractivity contribution is 5.09. The summed E-state index contributed by atoms with van der Waals surface area (Å²) in [6.07, 6.45) is 4.30. The minimum Gasteiger partial charge on any atom is -0.393 e. The molecule has 2 nitrogen and oxygen atoms in total. The van der Waals surface area contributed by atoms with Gasteiger partial charge in [0.05, 0.1) is 11.7 Å². The molecule has 0 heterocycles. The Bertz CT molecular complexity index is 321. The van der Waals surface area contributed by atoms with Gasteiger partial charge in [-0.25, -0.2) is 0 Å². The largest absolute Gasteiger partial charge is 0.393 e. The molecule has 0 amide bonds. The minimum absolute atomic E-state index is 0.103. The zero-order valence-electron chi connectivity index (χ0n) is 11.4. The lowest BCUT2D eigenvalue weighted by Gasteiger charge is -2.56. The van der Waals surface area contributed by atoms with E-state index >= 15 is 0 Å². The van der Waals surface area contributed by atoms with Crippen LogP contribution in [0.3, 0.4) is 0 Å². The molecule has 0 spiro atoms. The van der Waals surface area contributed by atoms with Gasteiger partial charge in [-0.3, -0.25) is 0 Å². The van der Waals surface area contributed by atoms with Crippen molar-refractivity contribution in [2.75, 3.05) is 0 Å². The average Bonchev–Trinajstić information content (AvgIpc) is 2.24. The summed E-state index contributed by atoms with van der Waals surface area (Å²) in [5, 5.41) is 20.9. The fourth-order valence-corrected chi connectivity index (χ4v) is 4.07. The van der Waals surface area contributed by atoms with Gasteiger partial charge in [-0.2, -0.15) is 0 Å². The average molecular weight is 238 g/mol. The Labute approximate surface area is 105 Å². The molecule has 2 N–H and O–H groups in total. The van der Waals surface area contributed by atoms with Gasteiger partial charge in [0.2, 0.25) is 0 Å². The first kappa shape index (κ1) is 13.1. The van der Waals surface area contributed by atoms with E-state index in [-0.39, 0.29) is 17.4 Å². The van der Waals surface area contributed by atoms with E-state index in [0.29, 0.717) is 5.92 Å². The fraction of sp³-hybridized carbons (Fsp3) is 0.867. The van der Waals surface area contributed by atoms with Crippen LogP contribution in [0.1, 0.15) is 52.9 Å². The van der Waals surface area contributed by atoms with E-state index < -0.39 is 5.60 Å². The van der Waals surface area contributed by atoms with Crippen molar-refractivity contribution in [2.24, 2.45) is 17.3 Å². The number of hydrogen-bond donors (Lipinski definition) is 2. The fourth-order valence-electron chi connectivity index (χ4n) is 4.07. The van der Waals surface area contributed by atoms with Gasteiger partial charge in [0, 0.05) is 0 Å². The maximum Gasteiger partial charge on any atom is 0.0655 e. The van der Waals surface area contributed by atoms with Gasteiger partial charge in [0.15, 0.2) is 0 Å². The van der Waals surface area contributed by atoms with Gasteiger partial charge < -0.3 is 10.2 Å². The van der Waals surface area contributed by atoms with E-state index in [0.717, 1.165) is 32.1 Å². The van der Waals surface area contributed by atoms with Gasteiger partial charge in [-0.1, -0.05) is 19.1 Å². The SMILES string of the molecule is C=C(C)[C@@H]1CC[C@@]2(C)C(O)CC[C@](C)(O)[C@@H]2C1. The summed E-state index contributed by atoms with van der Waals surface area (Å²) in [6, 6.07) is 0.